The standard InChI is InChI=1S/C14H26N2O/c1-3-14(9-6-10-15-14)13(17)16(2)11-12-7-4-5-8-12/h12,15H,3-11H2,1-2H3. The molecule has 2 rings (SSSR count). The minimum Gasteiger partial charge on any atom is -0.344 e. The molecule has 0 radical (unpaired) electrons. The molecule has 1 saturated heterocycles. The second-order valence-corrected chi connectivity index (χ2v) is 5.80. The maximum Gasteiger partial charge on any atom is 0.242 e. The molecule has 98 valence electrons. The minimum absolute atomic E-state index is 0.243. The molecule has 1 aliphatic carbocycles. The van der Waals surface area contributed by atoms with Crippen LogP contribution in [-0.2, 0) is 4.79 Å². The fourth-order valence-corrected chi connectivity index (χ4v) is 3.47. The van der Waals surface area contributed by atoms with Gasteiger partial charge in [-0.3, -0.25) is 4.79 Å². The van der Waals surface area contributed by atoms with E-state index in [2.05, 4.69) is 12.2 Å². The molecule has 2 aliphatic rings. The zero-order chi connectivity index (χ0) is 12.3. The van der Waals surface area contributed by atoms with Crippen molar-refractivity contribution in [1.82, 2.24) is 10.2 Å². The number of carbonyl (C=O) groups is 1. The first-order valence-electron chi connectivity index (χ1n) is 7.18. The summed E-state index contributed by atoms with van der Waals surface area (Å²) in [4.78, 5) is 14.5. The summed E-state index contributed by atoms with van der Waals surface area (Å²) in [6.45, 7) is 4.08. The lowest BCUT2D eigenvalue weighted by Gasteiger charge is -2.33. The van der Waals surface area contributed by atoms with Gasteiger partial charge < -0.3 is 10.2 Å². The van der Waals surface area contributed by atoms with Gasteiger partial charge in [0, 0.05) is 13.6 Å². The van der Waals surface area contributed by atoms with Gasteiger partial charge in [-0.2, -0.15) is 0 Å². The van der Waals surface area contributed by atoms with Crippen molar-refractivity contribution in [1.29, 1.82) is 0 Å². The number of likely N-dealkylation sites (N-methyl/N-ethyl adjacent to an activating group) is 1. The third kappa shape index (κ3) is 2.65. The highest BCUT2D eigenvalue weighted by molar-refractivity contribution is 5.86. The Labute approximate surface area is 105 Å². The van der Waals surface area contributed by atoms with Crippen LogP contribution in [0.4, 0.5) is 0 Å². The normalized spacial score (nSPS) is 29.8. The Kier molecular flexibility index (Phi) is 4.08. The van der Waals surface area contributed by atoms with Crippen LogP contribution in [0.25, 0.3) is 0 Å². The molecule has 0 aromatic heterocycles. The number of carbonyl (C=O) groups excluding carboxylic acids is 1. The van der Waals surface area contributed by atoms with E-state index in [1.54, 1.807) is 0 Å². The van der Waals surface area contributed by atoms with E-state index >= 15 is 0 Å². The van der Waals surface area contributed by atoms with E-state index in [1.165, 1.54) is 25.7 Å². The molecular weight excluding hydrogens is 212 g/mol. The van der Waals surface area contributed by atoms with Crippen molar-refractivity contribution in [2.24, 2.45) is 5.92 Å². The number of rotatable bonds is 4. The molecule has 0 aromatic carbocycles. The molecule has 1 atom stereocenters. The van der Waals surface area contributed by atoms with Crippen LogP contribution in [0.3, 0.4) is 0 Å². The molecular formula is C14H26N2O. The fraction of sp³-hybridized carbons (Fsp3) is 0.929. The summed E-state index contributed by atoms with van der Waals surface area (Å²) in [6, 6.07) is 0. The number of hydrogen-bond donors (Lipinski definition) is 1. The molecule has 3 heteroatoms. The van der Waals surface area contributed by atoms with Crippen LogP contribution in [-0.4, -0.2) is 36.5 Å². The number of nitrogens with zero attached hydrogens (tertiary/aromatic N) is 1. The van der Waals surface area contributed by atoms with Crippen LogP contribution in [0, 0.1) is 5.92 Å². The average molecular weight is 238 g/mol. The van der Waals surface area contributed by atoms with Crippen molar-refractivity contribution in [2.45, 2.75) is 57.4 Å². The Balaban J connectivity index is 1.93. The van der Waals surface area contributed by atoms with Crippen molar-refractivity contribution >= 4 is 5.91 Å². The van der Waals surface area contributed by atoms with E-state index in [0.717, 1.165) is 38.3 Å². The van der Waals surface area contributed by atoms with Crippen molar-refractivity contribution in [3.8, 4) is 0 Å². The van der Waals surface area contributed by atoms with Crippen molar-refractivity contribution in [3.05, 3.63) is 0 Å². The second kappa shape index (κ2) is 5.38. The predicted octanol–water partition coefficient (Wildman–Crippen LogP) is 2.17. The van der Waals surface area contributed by atoms with E-state index in [9.17, 15) is 4.79 Å². The Morgan fingerprint density at radius 1 is 1.35 bits per heavy atom. The molecule has 2 fully saturated rings. The molecule has 1 aliphatic heterocycles. The Morgan fingerprint density at radius 2 is 2.06 bits per heavy atom. The molecule has 3 nitrogen and oxygen atoms in total. The summed E-state index contributed by atoms with van der Waals surface area (Å²) in [6.07, 6.45) is 8.39. The van der Waals surface area contributed by atoms with Crippen LogP contribution in [0.5, 0.6) is 0 Å². The first-order chi connectivity index (χ1) is 8.18. The van der Waals surface area contributed by atoms with E-state index in [1.807, 2.05) is 11.9 Å². The van der Waals surface area contributed by atoms with E-state index < -0.39 is 0 Å². The molecule has 1 heterocycles. The summed E-state index contributed by atoms with van der Waals surface area (Å²) in [5.41, 5.74) is -0.243. The van der Waals surface area contributed by atoms with Crippen molar-refractivity contribution in [2.75, 3.05) is 20.1 Å². The van der Waals surface area contributed by atoms with Crippen molar-refractivity contribution in [3.63, 3.8) is 0 Å². The first kappa shape index (κ1) is 12.9. The zero-order valence-electron chi connectivity index (χ0n) is 11.3. The monoisotopic (exact) mass is 238 g/mol. The first-order valence-corrected chi connectivity index (χ1v) is 7.18. The summed E-state index contributed by atoms with van der Waals surface area (Å²) in [5, 5.41) is 3.43. The Morgan fingerprint density at radius 3 is 2.59 bits per heavy atom. The smallest absolute Gasteiger partial charge is 0.242 e. The maximum atomic E-state index is 12.5. The van der Waals surface area contributed by atoms with E-state index in [-0.39, 0.29) is 5.54 Å². The number of hydrogen-bond acceptors (Lipinski definition) is 2. The van der Waals surface area contributed by atoms with Crippen LogP contribution < -0.4 is 5.32 Å². The van der Waals surface area contributed by atoms with Crippen LogP contribution in [0.2, 0.25) is 0 Å². The molecule has 1 saturated carbocycles. The average Bonchev–Trinajstić information content (AvgIpc) is 2.99. The lowest BCUT2D eigenvalue weighted by atomic mass is 9.92. The number of amides is 1. The molecule has 17 heavy (non-hydrogen) atoms. The summed E-state index contributed by atoms with van der Waals surface area (Å²) < 4.78 is 0. The quantitative estimate of drug-likeness (QED) is 0.814. The lowest BCUT2D eigenvalue weighted by molar-refractivity contribution is -0.137. The number of nitrogens with one attached hydrogen (secondary N) is 1. The molecule has 1 N–H and O–H groups in total. The van der Waals surface area contributed by atoms with Crippen molar-refractivity contribution < 1.29 is 4.79 Å². The highest BCUT2D eigenvalue weighted by Gasteiger charge is 2.41. The molecule has 0 bridgehead atoms. The van der Waals surface area contributed by atoms with Gasteiger partial charge in [-0.15, -0.1) is 0 Å². The van der Waals surface area contributed by atoms with E-state index in [0.29, 0.717) is 5.91 Å². The fourth-order valence-electron chi connectivity index (χ4n) is 3.47. The summed E-state index contributed by atoms with van der Waals surface area (Å²) in [7, 11) is 1.98. The minimum atomic E-state index is -0.243. The van der Waals surface area contributed by atoms with E-state index in [4.69, 9.17) is 0 Å². The molecule has 1 unspecified atom stereocenters. The van der Waals surface area contributed by atoms with Crippen LogP contribution in [0.15, 0.2) is 0 Å². The third-order valence-corrected chi connectivity index (χ3v) is 4.61. The van der Waals surface area contributed by atoms with Gasteiger partial charge >= 0.3 is 0 Å². The van der Waals surface area contributed by atoms with Gasteiger partial charge in [0.25, 0.3) is 0 Å². The second-order valence-electron chi connectivity index (χ2n) is 5.80. The van der Waals surface area contributed by atoms with Crippen LogP contribution in [0.1, 0.15) is 51.9 Å². The van der Waals surface area contributed by atoms with Crippen LogP contribution >= 0.6 is 0 Å². The Bertz CT molecular complexity index is 265. The Hall–Kier alpha value is -0.570. The largest absolute Gasteiger partial charge is 0.344 e. The van der Waals surface area contributed by atoms with Gasteiger partial charge in [0.05, 0.1) is 5.54 Å². The molecule has 0 aromatic rings. The SMILES string of the molecule is CCC1(C(=O)N(C)CC2CCCC2)CCCN1. The lowest BCUT2D eigenvalue weighted by Crippen LogP contribution is -2.54. The van der Waals surface area contributed by atoms with Gasteiger partial charge in [-0.1, -0.05) is 19.8 Å². The molecule has 1 amide bonds. The highest BCUT2D eigenvalue weighted by Crippen LogP contribution is 2.28. The molecule has 0 spiro atoms. The van der Waals surface area contributed by atoms with Gasteiger partial charge in [-0.25, -0.2) is 0 Å². The van der Waals surface area contributed by atoms with Gasteiger partial charge in [0.15, 0.2) is 0 Å². The maximum absolute atomic E-state index is 12.5. The van der Waals surface area contributed by atoms with Gasteiger partial charge in [-0.05, 0) is 44.6 Å². The predicted molar refractivity (Wildman–Crippen MR) is 69.9 cm³/mol. The summed E-state index contributed by atoms with van der Waals surface area (Å²) in [5.74, 6) is 1.07. The zero-order valence-corrected chi connectivity index (χ0v) is 11.3. The topological polar surface area (TPSA) is 32.3 Å². The third-order valence-electron chi connectivity index (χ3n) is 4.61. The summed E-state index contributed by atoms with van der Waals surface area (Å²) >= 11 is 0. The highest BCUT2D eigenvalue weighted by atomic mass is 16.2. The van der Waals surface area contributed by atoms with Gasteiger partial charge in [0.1, 0.15) is 0 Å². The van der Waals surface area contributed by atoms with Gasteiger partial charge in [0.2, 0.25) is 5.91 Å².